The van der Waals surface area contributed by atoms with E-state index in [4.69, 9.17) is 0 Å². The summed E-state index contributed by atoms with van der Waals surface area (Å²) in [5, 5.41) is 10.1. The molecule has 5 rings (SSSR count). The topological polar surface area (TPSA) is 99.3 Å². The Morgan fingerprint density at radius 1 is 1.15 bits per heavy atom. The van der Waals surface area contributed by atoms with Crippen LogP contribution < -0.4 is 0 Å². The molecule has 1 aromatic carbocycles. The van der Waals surface area contributed by atoms with Gasteiger partial charge in [-0.05, 0) is 43.2 Å². The van der Waals surface area contributed by atoms with Crippen LogP contribution in [0.5, 0.6) is 0 Å². The van der Waals surface area contributed by atoms with Crippen LogP contribution in [-0.4, -0.2) is 64.1 Å². The van der Waals surface area contributed by atoms with Crippen molar-refractivity contribution in [1.82, 2.24) is 24.6 Å². The maximum Gasteiger partial charge on any atom is 0.276 e. The van der Waals surface area contributed by atoms with E-state index in [2.05, 4.69) is 15.4 Å². The molecule has 0 unspecified atom stereocenters. The first-order chi connectivity index (χ1) is 13.0. The molecule has 0 spiro atoms. The van der Waals surface area contributed by atoms with E-state index in [0.29, 0.717) is 23.7 Å². The number of H-pyrrole nitrogens is 1. The molecule has 9 heteroatoms. The fraction of sp³-hybridized carbons (Fsp3) is 0.500. The number of fused-ring (bicyclic) bond motifs is 5. The Morgan fingerprint density at radius 3 is 2.41 bits per heavy atom. The third kappa shape index (κ3) is 2.37. The van der Waals surface area contributed by atoms with Crippen molar-refractivity contribution in [3.05, 3.63) is 41.7 Å². The number of aryl methyl sites for hydroxylation is 1. The molecule has 2 aromatic rings. The number of nitrogens with one attached hydrogen (secondary N) is 1. The van der Waals surface area contributed by atoms with E-state index in [1.54, 1.807) is 21.3 Å². The van der Waals surface area contributed by atoms with Gasteiger partial charge in [-0.25, -0.2) is 8.42 Å². The van der Waals surface area contributed by atoms with Crippen molar-refractivity contribution in [3.8, 4) is 0 Å². The van der Waals surface area contributed by atoms with Crippen LogP contribution in [0.25, 0.3) is 0 Å². The van der Waals surface area contributed by atoms with Gasteiger partial charge in [-0.2, -0.15) is 19.7 Å². The number of carbonyl (C=O) groups excluding carboxylic acids is 1. The van der Waals surface area contributed by atoms with E-state index in [0.717, 1.165) is 18.4 Å². The maximum atomic E-state index is 13.4. The molecular formula is C18H21N5O3S. The first-order valence-electron chi connectivity index (χ1n) is 9.22. The third-order valence-corrected chi connectivity index (χ3v) is 8.49. The quantitative estimate of drug-likeness (QED) is 0.848. The van der Waals surface area contributed by atoms with Gasteiger partial charge in [0.1, 0.15) is 0 Å². The summed E-state index contributed by atoms with van der Waals surface area (Å²) < 4.78 is 28.5. The van der Waals surface area contributed by atoms with Crippen molar-refractivity contribution in [2.24, 2.45) is 11.8 Å². The van der Waals surface area contributed by atoms with Crippen molar-refractivity contribution >= 4 is 15.9 Å². The smallest absolute Gasteiger partial charge is 0.276 e. The van der Waals surface area contributed by atoms with Crippen LogP contribution >= 0.6 is 0 Å². The zero-order chi connectivity index (χ0) is 18.8. The van der Waals surface area contributed by atoms with Crippen LogP contribution in [0.15, 0.2) is 35.4 Å². The molecule has 3 fully saturated rings. The fourth-order valence-corrected chi connectivity index (χ4v) is 7.45. The minimum atomic E-state index is -3.53. The Balaban J connectivity index is 1.42. The summed E-state index contributed by atoms with van der Waals surface area (Å²) in [6.07, 6.45) is 3.16. The molecule has 0 aliphatic carbocycles. The number of rotatable bonds is 3. The average Bonchev–Trinajstić information content (AvgIpc) is 3.42. The lowest BCUT2D eigenvalue weighted by Gasteiger charge is -2.26. The lowest BCUT2D eigenvalue weighted by molar-refractivity contribution is 0.0767. The van der Waals surface area contributed by atoms with Gasteiger partial charge in [0.25, 0.3) is 5.91 Å². The number of amides is 1. The second-order valence-electron chi connectivity index (χ2n) is 7.71. The van der Waals surface area contributed by atoms with Crippen LogP contribution in [0.2, 0.25) is 0 Å². The molecule has 8 nitrogen and oxygen atoms in total. The number of carbonyl (C=O) groups is 1. The van der Waals surface area contributed by atoms with Gasteiger partial charge >= 0.3 is 0 Å². The Hall–Kier alpha value is -2.26. The third-order valence-electron chi connectivity index (χ3n) is 6.38. The molecule has 27 heavy (non-hydrogen) atoms. The number of likely N-dealkylation sites (tertiary alicyclic amines) is 1. The number of aromatic amines is 1. The monoisotopic (exact) mass is 387 g/mol. The molecule has 4 heterocycles. The highest BCUT2D eigenvalue weighted by atomic mass is 32.2. The maximum absolute atomic E-state index is 13.4. The first kappa shape index (κ1) is 16.9. The van der Waals surface area contributed by atoms with Gasteiger partial charge < -0.3 is 4.90 Å². The summed E-state index contributed by atoms with van der Waals surface area (Å²) in [6, 6.07) is 7.11. The summed E-state index contributed by atoms with van der Waals surface area (Å²) in [7, 11) is -3.53. The number of aromatic nitrogens is 3. The number of benzene rings is 1. The number of sulfonamides is 1. The molecule has 0 radical (unpaired) electrons. The van der Waals surface area contributed by atoms with Gasteiger partial charge in [-0.15, -0.1) is 0 Å². The van der Waals surface area contributed by atoms with Crippen LogP contribution in [-0.2, 0) is 10.0 Å². The van der Waals surface area contributed by atoms with Crippen molar-refractivity contribution in [1.29, 1.82) is 0 Å². The predicted octanol–water partition coefficient (Wildman–Crippen LogP) is 1.04. The highest BCUT2D eigenvalue weighted by Gasteiger charge is 2.60. The molecule has 2 bridgehead atoms. The summed E-state index contributed by atoms with van der Waals surface area (Å²) in [4.78, 5) is 14.8. The number of nitrogens with zero attached hydrogens (tertiary/aromatic N) is 4. The van der Waals surface area contributed by atoms with Crippen molar-refractivity contribution < 1.29 is 13.2 Å². The Bertz CT molecular complexity index is 970. The van der Waals surface area contributed by atoms with Gasteiger partial charge in [0.05, 0.1) is 11.1 Å². The van der Waals surface area contributed by atoms with E-state index in [-0.39, 0.29) is 29.8 Å². The molecule has 0 saturated carbocycles. The molecule has 1 N–H and O–H groups in total. The van der Waals surface area contributed by atoms with Crippen LogP contribution in [0.1, 0.15) is 28.9 Å². The van der Waals surface area contributed by atoms with Crippen LogP contribution in [0, 0.1) is 18.8 Å². The van der Waals surface area contributed by atoms with E-state index in [1.165, 1.54) is 6.20 Å². The summed E-state index contributed by atoms with van der Waals surface area (Å²) in [6.45, 7) is 3.00. The molecular weight excluding hydrogens is 366 g/mol. The highest BCUT2D eigenvalue weighted by Crippen LogP contribution is 2.51. The van der Waals surface area contributed by atoms with Gasteiger partial charge in [0.15, 0.2) is 5.69 Å². The van der Waals surface area contributed by atoms with Crippen molar-refractivity contribution in [2.45, 2.75) is 36.7 Å². The van der Waals surface area contributed by atoms with E-state index in [9.17, 15) is 13.2 Å². The zero-order valence-corrected chi connectivity index (χ0v) is 15.8. The number of hydrogen-bond acceptors (Lipinski definition) is 5. The highest BCUT2D eigenvalue weighted by molar-refractivity contribution is 7.89. The van der Waals surface area contributed by atoms with Crippen LogP contribution in [0.3, 0.4) is 0 Å². The van der Waals surface area contributed by atoms with Crippen molar-refractivity contribution in [3.63, 3.8) is 0 Å². The Labute approximate surface area is 157 Å². The molecule has 4 atom stereocenters. The normalized spacial score (nSPS) is 30.0. The second-order valence-corrected chi connectivity index (χ2v) is 9.52. The first-order valence-corrected chi connectivity index (χ1v) is 10.7. The van der Waals surface area contributed by atoms with Gasteiger partial charge in [0.2, 0.25) is 10.0 Å². The van der Waals surface area contributed by atoms with Gasteiger partial charge in [-0.1, -0.05) is 18.2 Å². The molecule has 1 aromatic heterocycles. The minimum absolute atomic E-state index is 0.0280. The largest absolute Gasteiger partial charge is 0.336 e. The van der Waals surface area contributed by atoms with Crippen LogP contribution in [0.4, 0.5) is 0 Å². The molecule has 3 aliphatic rings. The molecule has 142 valence electrons. The SMILES string of the molecule is Cc1ccccc1S(=O)(=O)N1[C@@H]2CC[C@H]1[C@H]1CN(C(=O)c3cn[nH]n3)C[C@H]12. The average molecular weight is 387 g/mol. The van der Waals surface area contributed by atoms with E-state index >= 15 is 0 Å². The molecule has 3 saturated heterocycles. The van der Waals surface area contributed by atoms with E-state index in [1.807, 2.05) is 19.1 Å². The predicted molar refractivity (Wildman–Crippen MR) is 96.3 cm³/mol. The van der Waals surface area contributed by atoms with Gasteiger partial charge in [-0.3, -0.25) is 4.79 Å². The second kappa shape index (κ2) is 5.87. The minimum Gasteiger partial charge on any atom is -0.336 e. The summed E-state index contributed by atoms with van der Waals surface area (Å²) in [5.74, 6) is 0.252. The lowest BCUT2D eigenvalue weighted by atomic mass is 9.82. The fourth-order valence-electron chi connectivity index (χ4n) is 5.26. The lowest BCUT2D eigenvalue weighted by Crippen LogP contribution is -2.41. The van der Waals surface area contributed by atoms with E-state index < -0.39 is 10.0 Å². The molecule has 1 amide bonds. The Kier molecular flexibility index (Phi) is 3.67. The zero-order valence-electron chi connectivity index (χ0n) is 14.9. The summed E-state index contributed by atoms with van der Waals surface area (Å²) in [5.41, 5.74) is 1.09. The van der Waals surface area contributed by atoms with Crippen molar-refractivity contribution in [2.75, 3.05) is 13.1 Å². The standard InChI is InChI=1S/C18H21N5O3S/c1-11-4-2-3-5-17(11)27(25,26)23-15-6-7-16(23)13-10-22(9-12(13)15)18(24)14-8-19-21-20-14/h2-5,8,12-13,15-16H,6-7,9-10H2,1H3,(H,19,20,21)/t12-,13+,15-,16+. The Morgan fingerprint density at radius 2 is 1.81 bits per heavy atom. The number of hydrogen-bond donors (Lipinski definition) is 1. The summed E-state index contributed by atoms with van der Waals surface area (Å²) >= 11 is 0. The van der Waals surface area contributed by atoms with Gasteiger partial charge in [0, 0.05) is 25.2 Å². The molecule has 3 aliphatic heterocycles.